The monoisotopic (exact) mass is 305 g/mol. The van der Waals surface area contributed by atoms with Crippen molar-refractivity contribution in [1.29, 1.82) is 0 Å². The number of aromatic carboxylic acids is 1. The van der Waals surface area contributed by atoms with Gasteiger partial charge in [0.2, 0.25) is 0 Å². The molecular formula is C9H5ClF5NO3. The van der Waals surface area contributed by atoms with Crippen molar-refractivity contribution in [3.63, 3.8) is 0 Å². The van der Waals surface area contributed by atoms with Gasteiger partial charge >= 0.3 is 12.3 Å². The zero-order valence-corrected chi connectivity index (χ0v) is 9.60. The molecule has 0 unspecified atom stereocenters. The second kappa shape index (κ2) is 5.55. The molecule has 0 spiro atoms. The highest BCUT2D eigenvalue weighted by Gasteiger charge is 2.37. The van der Waals surface area contributed by atoms with Gasteiger partial charge in [0.15, 0.2) is 5.75 Å². The lowest BCUT2D eigenvalue weighted by Gasteiger charge is -2.16. The first-order chi connectivity index (χ1) is 8.67. The number of pyridine rings is 1. The van der Waals surface area contributed by atoms with Crippen LogP contribution in [-0.2, 0) is 5.88 Å². The highest BCUT2D eigenvalue weighted by atomic mass is 35.5. The van der Waals surface area contributed by atoms with Crippen LogP contribution in [-0.4, -0.2) is 22.4 Å². The summed E-state index contributed by atoms with van der Waals surface area (Å²) in [5, 5.41) is 8.67. The van der Waals surface area contributed by atoms with Crippen LogP contribution in [0.2, 0.25) is 0 Å². The van der Waals surface area contributed by atoms with Gasteiger partial charge in [0, 0.05) is 6.20 Å². The molecule has 106 valence electrons. The molecule has 0 saturated heterocycles. The molecule has 10 heteroatoms. The molecule has 0 bridgehead atoms. The van der Waals surface area contributed by atoms with Gasteiger partial charge in [0.05, 0.1) is 17.1 Å². The van der Waals surface area contributed by atoms with Gasteiger partial charge in [-0.2, -0.15) is 0 Å². The van der Waals surface area contributed by atoms with Crippen LogP contribution in [0, 0.1) is 0 Å². The summed E-state index contributed by atoms with van der Waals surface area (Å²) in [5.41, 5.74) is -2.99. The quantitative estimate of drug-likeness (QED) is 0.684. The van der Waals surface area contributed by atoms with Crippen LogP contribution in [0.4, 0.5) is 22.0 Å². The molecule has 0 amide bonds. The number of nitrogens with zero attached hydrogens (tertiary/aromatic N) is 1. The molecule has 0 aliphatic heterocycles. The molecule has 4 nitrogen and oxygen atoms in total. The second-order valence-electron chi connectivity index (χ2n) is 3.15. The highest BCUT2D eigenvalue weighted by Crippen LogP contribution is 2.37. The van der Waals surface area contributed by atoms with Gasteiger partial charge < -0.3 is 9.84 Å². The van der Waals surface area contributed by atoms with Crippen LogP contribution in [0.5, 0.6) is 5.75 Å². The fraction of sp³-hybridized carbons (Fsp3) is 0.333. The van der Waals surface area contributed by atoms with Crippen molar-refractivity contribution in [2.75, 3.05) is 0 Å². The summed E-state index contributed by atoms with van der Waals surface area (Å²) in [6.07, 6.45) is -8.26. The van der Waals surface area contributed by atoms with Gasteiger partial charge in [-0.1, -0.05) is 0 Å². The summed E-state index contributed by atoms with van der Waals surface area (Å²) in [4.78, 5) is 14.0. The number of hydrogen-bond acceptors (Lipinski definition) is 3. The smallest absolute Gasteiger partial charge is 0.477 e. The van der Waals surface area contributed by atoms with Crippen LogP contribution < -0.4 is 4.74 Å². The normalized spacial score (nSPS) is 11.7. The van der Waals surface area contributed by atoms with E-state index < -0.39 is 47.2 Å². The van der Waals surface area contributed by atoms with E-state index in [1.54, 1.807) is 0 Å². The third kappa shape index (κ3) is 3.66. The molecule has 0 radical (unpaired) electrons. The molecule has 0 fully saturated rings. The maximum Gasteiger partial charge on any atom is 0.573 e. The Morgan fingerprint density at radius 1 is 1.47 bits per heavy atom. The Balaban J connectivity index is 3.53. The number of aromatic nitrogens is 1. The molecule has 0 saturated carbocycles. The van der Waals surface area contributed by atoms with Crippen LogP contribution in [0.1, 0.15) is 28.0 Å². The molecule has 1 heterocycles. The zero-order valence-electron chi connectivity index (χ0n) is 8.84. The van der Waals surface area contributed by atoms with Crippen molar-refractivity contribution in [3.05, 3.63) is 23.0 Å². The van der Waals surface area contributed by atoms with E-state index in [1.807, 2.05) is 0 Å². The Kier molecular flexibility index (Phi) is 4.51. The summed E-state index contributed by atoms with van der Waals surface area (Å²) in [5.74, 6) is -4.00. The van der Waals surface area contributed by atoms with E-state index in [4.69, 9.17) is 16.7 Å². The van der Waals surface area contributed by atoms with E-state index in [0.717, 1.165) is 0 Å². The molecule has 0 atom stereocenters. The van der Waals surface area contributed by atoms with E-state index in [0.29, 0.717) is 6.20 Å². The predicted molar refractivity (Wildman–Crippen MR) is 52.4 cm³/mol. The molecule has 1 aromatic heterocycles. The SMILES string of the molecule is O=C(O)c1cnc(CCl)c(C(F)F)c1OC(F)(F)F. The lowest BCUT2D eigenvalue weighted by Crippen LogP contribution is -2.21. The Morgan fingerprint density at radius 3 is 2.42 bits per heavy atom. The van der Waals surface area contributed by atoms with Gasteiger partial charge in [0.25, 0.3) is 6.43 Å². The van der Waals surface area contributed by atoms with Gasteiger partial charge in [0.1, 0.15) is 5.56 Å². The lowest BCUT2D eigenvalue weighted by molar-refractivity contribution is -0.275. The lowest BCUT2D eigenvalue weighted by atomic mass is 10.1. The average molecular weight is 306 g/mol. The van der Waals surface area contributed by atoms with Crippen LogP contribution in [0.15, 0.2) is 6.20 Å². The van der Waals surface area contributed by atoms with Crippen LogP contribution in [0.3, 0.4) is 0 Å². The summed E-state index contributed by atoms with van der Waals surface area (Å²) in [6, 6.07) is 0. The van der Waals surface area contributed by atoms with Crippen molar-refractivity contribution < 1.29 is 36.6 Å². The van der Waals surface area contributed by atoms with E-state index in [9.17, 15) is 26.7 Å². The largest absolute Gasteiger partial charge is 0.573 e. The summed E-state index contributed by atoms with van der Waals surface area (Å²) in [6.45, 7) is 0. The Morgan fingerprint density at radius 2 is 2.05 bits per heavy atom. The number of carboxylic acid groups (broad SMARTS) is 1. The standard InChI is InChI=1S/C9H5ClF5NO3/c10-1-4-5(7(11)12)6(19-9(13,14)15)3(2-16-4)8(17)18/h2,7H,1H2,(H,17,18). The molecule has 19 heavy (non-hydrogen) atoms. The third-order valence-electron chi connectivity index (χ3n) is 1.94. The van der Waals surface area contributed by atoms with Crippen molar-refractivity contribution in [2.24, 2.45) is 0 Å². The topological polar surface area (TPSA) is 59.4 Å². The van der Waals surface area contributed by atoms with Crippen molar-refractivity contribution in [3.8, 4) is 5.75 Å². The van der Waals surface area contributed by atoms with Crippen molar-refractivity contribution in [1.82, 2.24) is 4.98 Å². The summed E-state index contributed by atoms with van der Waals surface area (Å²) < 4.78 is 65.3. The molecule has 1 rings (SSSR count). The number of rotatable bonds is 4. The van der Waals surface area contributed by atoms with Crippen LogP contribution in [0.25, 0.3) is 0 Å². The Labute approximate surface area is 107 Å². The van der Waals surface area contributed by atoms with Crippen LogP contribution >= 0.6 is 11.6 Å². The predicted octanol–water partition coefficient (Wildman–Crippen LogP) is 3.35. The van der Waals surface area contributed by atoms with E-state index in [-0.39, 0.29) is 0 Å². The maximum absolute atomic E-state index is 12.8. The summed E-state index contributed by atoms with van der Waals surface area (Å²) in [7, 11) is 0. The minimum absolute atomic E-state index is 0.479. The van der Waals surface area contributed by atoms with E-state index in [1.165, 1.54) is 0 Å². The Bertz CT molecular complexity index is 491. The summed E-state index contributed by atoms with van der Waals surface area (Å²) >= 11 is 5.27. The first kappa shape index (κ1) is 15.4. The molecule has 1 aromatic rings. The third-order valence-corrected chi connectivity index (χ3v) is 2.20. The molecule has 1 N–H and O–H groups in total. The average Bonchev–Trinajstić information content (AvgIpc) is 2.25. The fourth-order valence-corrected chi connectivity index (χ4v) is 1.47. The van der Waals surface area contributed by atoms with Gasteiger partial charge in [-0.3, -0.25) is 4.98 Å². The van der Waals surface area contributed by atoms with Gasteiger partial charge in [-0.15, -0.1) is 24.8 Å². The number of alkyl halides is 6. The highest BCUT2D eigenvalue weighted by molar-refractivity contribution is 6.17. The molecule has 0 aromatic carbocycles. The molecule has 0 aliphatic rings. The van der Waals surface area contributed by atoms with Crippen molar-refractivity contribution in [2.45, 2.75) is 18.7 Å². The van der Waals surface area contributed by atoms with E-state index in [2.05, 4.69) is 9.72 Å². The van der Waals surface area contributed by atoms with Gasteiger partial charge in [-0.05, 0) is 0 Å². The van der Waals surface area contributed by atoms with Crippen molar-refractivity contribution >= 4 is 17.6 Å². The number of hydrogen-bond donors (Lipinski definition) is 1. The maximum atomic E-state index is 12.8. The number of carbonyl (C=O) groups is 1. The number of carboxylic acids is 1. The molecular weight excluding hydrogens is 301 g/mol. The number of ether oxygens (including phenoxy) is 1. The van der Waals surface area contributed by atoms with E-state index >= 15 is 0 Å². The van der Waals surface area contributed by atoms with Gasteiger partial charge in [-0.25, -0.2) is 13.6 Å². The second-order valence-corrected chi connectivity index (χ2v) is 3.42. The Hall–Kier alpha value is -1.64. The minimum Gasteiger partial charge on any atom is -0.477 e. The number of halogens is 6. The zero-order chi connectivity index (χ0) is 14.8. The minimum atomic E-state index is -5.32. The molecule has 0 aliphatic carbocycles. The first-order valence-corrected chi connectivity index (χ1v) is 5.05. The fourth-order valence-electron chi connectivity index (χ4n) is 1.26. The first-order valence-electron chi connectivity index (χ1n) is 4.52.